The molecule has 10 nitrogen and oxygen atoms in total. The minimum absolute atomic E-state index is 1.32. The van der Waals surface area contributed by atoms with Gasteiger partial charge in [0.1, 0.15) is 0 Å². The van der Waals surface area contributed by atoms with Gasteiger partial charge in [0.2, 0.25) is 0 Å². The first-order valence-electron chi connectivity index (χ1n) is 4.69. The SMILES string of the molecule is Cc1ccccc1.O=P(O)(O)OP(=O)(O)OP(=O)(O)O. The van der Waals surface area contributed by atoms with Gasteiger partial charge in [-0.3, -0.25) is 0 Å². The summed E-state index contributed by atoms with van der Waals surface area (Å²) in [6, 6.07) is 10.3. The lowest BCUT2D eigenvalue weighted by molar-refractivity contribution is 0.204. The Morgan fingerprint density at radius 3 is 1.35 bits per heavy atom. The summed E-state index contributed by atoms with van der Waals surface area (Å²) in [5, 5.41) is 0. The van der Waals surface area contributed by atoms with Crippen molar-refractivity contribution in [2.45, 2.75) is 6.92 Å². The second-order valence-corrected chi connectivity index (χ2v) is 7.47. The highest BCUT2D eigenvalue weighted by Gasteiger charge is 2.38. The van der Waals surface area contributed by atoms with E-state index in [2.05, 4.69) is 27.7 Å². The minimum atomic E-state index is -5.46. The van der Waals surface area contributed by atoms with E-state index in [1.165, 1.54) is 5.56 Å². The number of aryl methyl sites for hydroxylation is 1. The van der Waals surface area contributed by atoms with Crippen molar-refractivity contribution in [3.63, 3.8) is 0 Å². The van der Waals surface area contributed by atoms with Crippen molar-refractivity contribution in [2.24, 2.45) is 0 Å². The molecule has 5 N–H and O–H groups in total. The average molecular weight is 350 g/mol. The van der Waals surface area contributed by atoms with Crippen LogP contribution >= 0.6 is 23.5 Å². The molecule has 0 aliphatic carbocycles. The summed E-state index contributed by atoms with van der Waals surface area (Å²) in [7, 11) is -16.2. The Balaban J connectivity index is 0.000000428. The Bertz CT molecular complexity index is 517. The van der Waals surface area contributed by atoms with Crippen molar-refractivity contribution < 1.29 is 46.8 Å². The summed E-state index contributed by atoms with van der Waals surface area (Å²) >= 11 is 0. The van der Waals surface area contributed by atoms with Gasteiger partial charge in [0.25, 0.3) is 0 Å². The van der Waals surface area contributed by atoms with E-state index < -0.39 is 23.5 Å². The van der Waals surface area contributed by atoms with Crippen molar-refractivity contribution in [3.8, 4) is 0 Å². The van der Waals surface area contributed by atoms with E-state index in [4.69, 9.17) is 24.5 Å². The zero-order valence-electron chi connectivity index (χ0n) is 10.0. The lowest BCUT2D eigenvalue weighted by atomic mass is 10.2. The van der Waals surface area contributed by atoms with Crippen molar-refractivity contribution in [1.29, 1.82) is 0 Å². The van der Waals surface area contributed by atoms with E-state index in [0.717, 1.165) is 0 Å². The molecule has 0 aliphatic rings. The fourth-order valence-electron chi connectivity index (χ4n) is 0.818. The average Bonchev–Trinajstić information content (AvgIpc) is 2.10. The first-order valence-corrected chi connectivity index (χ1v) is 9.24. The van der Waals surface area contributed by atoms with E-state index in [1.54, 1.807) is 0 Å². The predicted octanol–water partition coefficient (Wildman–Crippen LogP) is 1.30. The van der Waals surface area contributed by atoms with Crippen LogP contribution in [0.25, 0.3) is 0 Å². The molecular weight excluding hydrogens is 337 g/mol. The van der Waals surface area contributed by atoms with Gasteiger partial charge in [-0.1, -0.05) is 35.9 Å². The van der Waals surface area contributed by atoms with Crippen LogP contribution in [0.4, 0.5) is 0 Å². The van der Waals surface area contributed by atoms with Gasteiger partial charge in [-0.15, -0.1) is 0 Å². The van der Waals surface area contributed by atoms with Crippen LogP contribution in [0.1, 0.15) is 5.56 Å². The highest BCUT2D eigenvalue weighted by Crippen LogP contribution is 2.64. The molecule has 1 aromatic carbocycles. The zero-order chi connectivity index (χ0) is 16.0. The monoisotopic (exact) mass is 350 g/mol. The maximum absolute atomic E-state index is 10.4. The van der Waals surface area contributed by atoms with Crippen LogP contribution in [-0.4, -0.2) is 24.5 Å². The summed E-state index contributed by atoms with van der Waals surface area (Å²) in [6.07, 6.45) is 0. The minimum Gasteiger partial charge on any atom is -0.302 e. The van der Waals surface area contributed by atoms with Crippen molar-refractivity contribution in [2.75, 3.05) is 0 Å². The van der Waals surface area contributed by atoms with Gasteiger partial charge in [0.05, 0.1) is 0 Å². The van der Waals surface area contributed by atoms with Gasteiger partial charge in [-0.05, 0) is 6.92 Å². The van der Waals surface area contributed by atoms with Crippen LogP contribution in [0.5, 0.6) is 0 Å². The van der Waals surface area contributed by atoms with Gasteiger partial charge in [0, 0.05) is 0 Å². The second-order valence-electron chi connectivity index (χ2n) is 3.27. The lowest BCUT2D eigenvalue weighted by Crippen LogP contribution is -1.91. The standard InChI is InChI=1S/C7H8.H5O10P3/c1-7-5-3-2-4-6-7;1-11(2,3)9-13(7,8)10-12(4,5)6/h2-6H,1H3;(H,7,8)(H2,1,2,3)(H2,4,5,6). The van der Waals surface area contributed by atoms with E-state index in [9.17, 15) is 13.7 Å². The Morgan fingerprint density at radius 1 is 0.800 bits per heavy atom. The van der Waals surface area contributed by atoms with Crippen molar-refractivity contribution in [1.82, 2.24) is 0 Å². The van der Waals surface area contributed by atoms with E-state index in [0.29, 0.717) is 0 Å². The summed E-state index contributed by atoms with van der Waals surface area (Å²) in [5.74, 6) is 0. The first kappa shape index (κ1) is 19.6. The molecule has 0 aromatic heterocycles. The summed E-state index contributed by atoms with van der Waals surface area (Å²) in [6.45, 7) is 2.08. The molecule has 0 bridgehead atoms. The Kier molecular flexibility index (Phi) is 7.44. The van der Waals surface area contributed by atoms with Crippen LogP contribution in [-0.2, 0) is 22.3 Å². The Hall–Kier alpha value is -0.370. The maximum atomic E-state index is 10.4. The number of rotatable bonds is 4. The normalized spacial score (nSPS) is 12.5. The summed E-state index contributed by atoms with van der Waals surface area (Å²) in [5.41, 5.74) is 1.32. The number of hydrogen-bond acceptors (Lipinski definition) is 5. The summed E-state index contributed by atoms with van der Waals surface area (Å²) < 4.78 is 36.4. The summed E-state index contributed by atoms with van der Waals surface area (Å²) in [4.78, 5) is 40.2. The molecule has 0 spiro atoms. The topological polar surface area (TPSA) is 171 Å². The van der Waals surface area contributed by atoms with Gasteiger partial charge in [0.15, 0.2) is 0 Å². The zero-order valence-corrected chi connectivity index (χ0v) is 12.7. The molecule has 0 saturated carbocycles. The number of hydrogen-bond donors (Lipinski definition) is 5. The third kappa shape index (κ3) is 12.7. The van der Waals surface area contributed by atoms with Gasteiger partial charge < -0.3 is 24.5 Å². The van der Waals surface area contributed by atoms with Crippen LogP contribution in [0.15, 0.2) is 30.3 Å². The van der Waals surface area contributed by atoms with Gasteiger partial charge in [-0.2, -0.15) is 8.62 Å². The fraction of sp³-hybridized carbons (Fsp3) is 0.143. The highest BCUT2D eigenvalue weighted by atomic mass is 31.3. The third-order valence-corrected chi connectivity index (χ3v) is 4.71. The molecule has 13 heteroatoms. The van der Waals surface area contributed by atoms with Crippen LogP contribution in [0, 0.1) is 6.92 Å². The third-order valence-electron chi connectivity index (χ3n) is 1.36. The molecule has 0 radical (unpaired) electrons. The molecule has 0 saturated heterocycles. The Labute approximate surface area is 114 Å². The quantitative estimate of drug-likeness (QED) is 0.498. The molecule has 0 atom stereocenters. The van der Waals surface area contributed by atoms with E-state index in [-0.39, 0.29) is 0 Å². The van der Waals surface area contributed by atoms with Crippen molar-refractivity contribution in [3.05, 3.63) is 35.9 Å². The largest absolute Gasteiger partial charge is 0.490 e. The maximum Gasteiger partial charge on any atom is 0.490 e. The second kappa shape index (κ2) is 7.59. The number of benzene rings is 1. The smallest absolute Gasteiger partial charge is 0.302 e. The molecule has 0 heterocycles. The molecular formula is C7H13O10P3. The fourth-order valence-corrected chi connectivity index (χ4v) is 3.36. The number of phosphoric acid groups is 3. The molecule has 1 rings (SSSR count). The first-order chi connectivity index (χ1) is 8.81. The lowest BCUT2D eigenvalue weighted by Gasteiger charge is -2.11. The van der Waals surface area contributed by atoms with Crippen LogP contribution < -0.4 is 0 Å². The van der Waals surface area contributed by atoms with Crippen molar-refractivity contribution >= 4 is 23.5 Å². The molecule has 0 amide bonds. The predicted molar refractivity (Wildman–Crippen MR) is 67.3 cm³/mol. The van der Waals surface area contributed by atoms with E-state index >= 15 is 0 Å². The van der Waals surface area contributed by atoms with Crippen LogP contribution in [0.2, 0.25) is 0 Å². The molecule has 1 aromatic rings. The molecule has 0 unspecified atom stereocenters. The highest BCUT2D eigenvalue weighted by molar-refractivity contribution is 7.66. The van der Waals surface area contributed by atoms with Gasteiger partial charge >= 0.3 is 23.5 Å². The molecule has 0 fully saturated rings. The molecule has 0 aliphatic heterocycles. The Morgan fingerprint density at radius 2 is 1.15 bits per heavy atom. The van der Waals surface area contributed by atoms with E-state index in [1.807, 2.05) is 18.2 Å². The molecule has 20 heavy (non-hydrogen) atoms. The van der Waals surface area contributed by atoms with Gasteiger partial charge in [-0.25, -0.2) is 13.7 Å². The molecule has 116 valence electrons. The van der Waals surface area contributed by atoms with Crippen LogP contribution in [0.3, 0.4) is 0 Å².